The molecule has 0 atom stereocenters. The summed E-state index contributed by atoms with van der Waals surface area (Å²) in [6.07, 6.45) is 2.36. The van der Waals surface area contributed by atoms with Gasteiger partial charge in [-0.25, -0.2) is 4.98 Å². The summed E-state index contributed by atoms with van der Waals surface area (Å²) < 4.78 is 0.459. The fraction of sp³-hybridized carbons (Fsp3) is 0.250. The number of nitrogen functional groups attached to an aromatic ring is 1. The summed E-state index contributed by atoms with van der Waals surface area (Å²) in [4.78, 5) is 9.83. The van der Waals surface area contributed by atoms with Crippen LogP contribution in [-0.4, -0.2) is 26.7 Å². The van der Waals surface area contributed by atoms with Crippen LogP contribution in [0.15, 0.2) is 6.20 Å². The molecule has 0 radical (unpaired) electrons. The number of H-pyrrole nitrogens is 2. The van der Waals surface area contributed by atoms with Crippen molar-refractivity contribution in [1.82, 2.24) is 15.0 Å². The van der Waals surface area contributed by atoms with Crippen LogP contribution in [0, 0.1) is 4.64 Å². The standard InChI is InChI=1S/C8H10N4OS/c9-8-11-6-5(7(14)12-8)4(1-2-13)3-10-6/h3,13H,1-2H2,(H4,9,10,11,12,14). The number of hydrogen-bond donors (Lipinski definition) is 4. The number of nitrogens with two attached hydrogens (primary N) is 1. The van der Waals surface area contributed by atoms with E-state index >= 15 is 0 Å². The lowest BCUT2D eigenvalue weighted by Gasteiger charge is -1.97. The fourth-order valence-electron chi connectivity index (χ4n) is 1.45. The van der Waals surface area contributed by atoms with Gasteiger partial charge in [0.15, 0.2) is 5.95 Å². The Morgan fingerprint density at radius 3 is 3.07 bits per heavy atom. The van der Waals surface area contributed by atoms with E-state index in [0.29, 0.717) is 17.0 Å². The van der Waals surface area contributed by atoms with E-state index in [1.165, 1.54) is 0 Å². The van der Waals surface area contributed by atoms with Crippen LogP contribution in [0.4, 0.5) is 5.95 Å². The maximum atomic E-state index is 8.84. The monoisotopic (exact) mass is 210 g/mol. The minimum atomic E-state index is 0.0894. The quantitative estimate of drug-likeness (QED) is 0.550. The number of anilines is 1. The largest absolute Gasteiger partial charge is 0.396 e. The Morgan fingerprint density at radius 1 is 1.57 bits per heavy atom. The third-order valence-corrected chi connectivity index (χ3v) is 2.33. The van der Waals surface area contributed by atoms with E-state index in [1.807, 2.05) is 0 Å². The number of aliphatic hydroxyl groups is 1. The SMILES string of the molecule is Nc1nc(=S)c2c(CCO)c[nH]c2[nH]1. The van der Waals surface area contributed by atoms with Crippen molar-refractivity contribution in [2.24, 2.45) is 0 Å². The van der Waals surface area contributed by atoms with E-state index in [0.717, 1.165) is 16.6 Å². The Hall–Kier alpha value is -1.40. The molecule has 0 aliphatic heterocycles. The van der Waals surface area contributed by atoms with Crippen LogP contribution in [0.3, 0.4) is 0 Å². The lowest BCUT2D eigenvalue weighted by atomic mass is 10.2. The van der Waals surface area contributed by atoms with Gasteiger partial charge >= 0.3 is 0 Å². The van der Waals surface area contributed by atoms with E-state index in [4.69, 9.17) is 23.1 Å². The highest BCUT2D eigenvalue weighted by molar-refractivity contribution is 7.71. The Kier molecular flexibility index (Phi) is 2.22. The van der Waals surface area contributed by atoms with Gasteiger partial charge in [0.1, 0.15) is 10.3 Å². The first-order chi connectivity index (χ1) is 6.72. The van der Waals surface area contributed by atoms with E-state index in [1.54, 1.807) is 6.20 Å². The summed E-state index contributed by atoms with van der Waals surface area (Å²) in [5.74, 6) is 0.292. The minimum absolute atomic E-state index is 0.0894. The predicted octanol–water partition coefficient (Wildman–Crippen LogP) is 0.737. The van der Waals surface area contributed by atoms with Crippen LogP contribution < -0.4 is 5.73 Å². The van der Waals surface area contributed by atoms with Crippen molar-refractivity contribution < 1.29 is 5.11 Å². The van der Waals surface area contributed by atoms with Gasteiger partial charge in [-0.05, 0) is 12.0 Å². The third-order valence-electron chi connectivity index (χ3n) is 2.03. The molecule has 6 heteroatoms. The zero-order valence-electron chi connectivity index (χ0n) is 7.37. The third kappa shape index (κ3) is 1.38. The second kappa shape index (κ2) is 3.39. The molecule has 0 spiro atoms. The molecule has 0 fully saturated rings. The van der Waals surface area contributed by atoms with Crippen LogP contribution in [0.1, 0.15) is 5.56 Å². The zero-order valence-corrected chi connectivity index (χ0v) is 8.19. The summed E-state index contributed by atoms with van der Waals surface area (Å²) in [5.41, 5.74) is 7.22. The molecule has 2 rings (SSSR count). The first kappa shape index (κ1) is 9.17. The number of rotatable bonds is 2. The van der Waals surface area contributed by atoms with Crippen molar-refractivity contribution in [3.8, 4) is 0 Å². The summed E-state index contributed by atoms with van der Waals surface area (Å²) in [6, 6.07) is 0. The van der Waals surface area contributed by atoms with Crippen LogP contribution in [0.25, 0.3) is 11.0 Å². The van der Waals surface area contributed by atoms with Crippen LogP contribution >= 0.6 is 12.2 Å². The lowest BCUT2D eigenvalue weighted by Crippen LogP contribution is -1.96. The van der Waals surface area contributed by atoms with Crippen LogP contribution in [-0.2, 0) is 6.42 Å². The molecule has 0 unspecified atom stereocenters. The molecule has 0 bridgehead atoms. The molecule has 0 saturated carbocycles. The lowest BCUT2D eigenvalue weighted by molar-refractivity contribution is 0.300. The number of fused-ring (bicyclic) bond motifs is 1. The van der Waals surface area contributed by atoms with E-state index in [2.05, 4.69) is 15.0 Å². The molecule has 5 N–H and O–H groups in total. The van der Waals surface area contributed by atoms with Gasteiger partial charge in [0.2, 0.25) is 0 Å². The molecule has 14 heavy (non-hydrogen) atoms. The van der Waals surface area contributed by atoms with Crippen molar-refractivity contribution in [3.63, 3.8) is 0 Å². The molecule has 74 valence electrons. The normalized spacial score (nSPS) is 10.9. The van der Waals surface area contributed by atoms with Crippen LogP contribution in [0.2, 0.25) is 0 Å². The first-order valence-electron chi connectivity index (χ1n) is 4.19. The van der Waals surface area contributed by atoms with Gasteiger partial charge in [0.05, 0.1) is 5.39 Å². The summed E-state index contributed by atoms with van der Waals surface area (Å²) in [6.45, 7) is 0.0894. The molecule has 5 nitrogen and oxygen atoms in total. The Bertz CT molecular complexity index is 516. The average Bonchev–Trinajstić information content (AvgIpc) is 2.49. The molecule has 0 aliphatic rings. The second-order valence-corrected chi connectivity index (χ2v) is 3.35. The van der Waals surface area contributed by atoms with Gasteiger partial charge in [-0.3, -0.25) is 0 Å². The van der Waals surface area contributed by atoms with E-state index in [9.17, 15) is 0 Å². The average molecular weight is 210 g/mol. The Balaban J connectivity index is 2.73. The van der Waals surface area contributed by atoms with Crippen molar-refractivity contribution in [3.05, 3.63) is 16.4 Å². The predicted molar refractivity (Wildman–Crippen MR) is 56.5 cm³/mol. The number of aromatic nitrogens is 3. The maximum Gasteiger partial charge on any atom is 0.200 e. The van der Waals surface area contributed by atoms with Gasteiger partial charge in [0, 0.05) is 12.8 Å². The molecular formula is C8H10N4OS. The smallest absolute Gasteiger partial charge is 0.200 e. The number of hydrogen-bond acceptors (Lipinski definition) is 4. The fourth-order valence-corrected chi connectivity index (χ4v) is 1.78. The first-order valence-corrected chi connectivity index (χ1v) is 4.60. The second-order valence-electron chi connectivity index (χ2n) is 2.96. The summed E-state index contributed by atoms with van der Waals surface area (Å²) in [7, 11) is 0. The minimum Gasteiger partial charge on any atom is -0.396 e. The molecular weight excluding hydrogens is 200 g/mol. The molecule has 0 aliphatic carbocycles. The van der Waals surface area contributed by atoms with Crippen molar-refractivity contribution >= 4 is 29.2 Å². The number of aliphatic hydroxyl groups excluding tert-OH is 1. The summed E-state index contributed by atoms with van der Waals surface area (Å²) >= 11 is 5.08. The molecule has 0 aromatic carbocycles. The van der Waals surface area contributed by atoms with Gasteiger partial charge in [-0.15, -0.1) is 0 Å². The summed E-state index contributed by atoms with van der Waals surface area (Å²) in [5, 5.41) is 9.68. The Morgan fingerprint density at radius 2 is 2.36 bits per heavy atom. The zero-order chi connectivity index (χ0) is 10.1. The number of aromatic amines is 2. The molecule has 0 saturated heterocycles. The van der Waals surface area contributed by atoms with Crippen LogP contribution in [0.5, 0.6) is 0 Å². The highest BCUT2D eigenvalue weighted by Crippen LogP contribution is 2.18. The van der Waals surface area contributed by atoms with Gasteiger partial charge in [-0.1, -0.05) is 12.2 Å². The van der Waals surface area contributed by atoms with Gasteiger partial charge in [-0.2, -0.15) is 0 Å². The molecule has 2 aromatic rings. The number of nitrogens with one attached hydrogen (secondary N) is 2. The van der Waals surface area contributed by atoms with E-state index < -0.39 is 0 Å². The van der Waals surface area contributed by atoms with Crippen molar-refractivity contribution in [2.75, 3.05) is 12.3 Å². The Labute approximate surface area is 85.0 Å². The van der Waals surface area contributed by atoms with Crippen molar-refractivity contribution in [1.29, 1.82) is 0 Å². The highest BCUT2D eigenvalue weighted by atomic mass is 32.1. The highest BCUT2D eigenvalue weighted by Gasteiger charge is 2.06. The molecule has 0 amide bonds. The molecule has 2 heterocycles. The topological polar surface area (TPSA) is 90.7 Å². The van der Waals surface area contributed by atoms with Gasteiger partial charge < -0.3 is 20.8 Å². The van der Waals surface area contributed by atoms with E-state index in [-0.39, 0.29) is 6.61 Å². The van der Waals surface area contributed by atoms with Gasteiger partial charge in [0.25, 0.3) is 0 Å². The van der Waals surface area contributed by atoms with Crippen molar-refractivity contribution in [2.45, 2.75) is 6.42 Å². The maximum absolute atomic E-state index is 8.84. The molecule has 2 aromatic heterocycles. The number of nitrogens with zero attached hydrogens (tertiary/aromatic N) is 1.